The summed E-state index contributed by atoms with van der Waals surface area (Å²) in [7, 11) is 0. The highest BCUT2D eigenvalue weighted by Crippen LogP contribution is 2.76. The van der Waals surface area contributed by atoms with Gasteiger partial charge in [0.1, 0.15) is 0 Å². The fraction of sp³-hybridized carbons (Fsp3) is 0.833. The van der Waals surface area contributed by atoms with E-state index in [1.807, 2.05) is 6.08 Å². The summed E-state index contributed by atoms with van der Waals surface area (Å²) in [4.78, 5) is 12.8. The van der Waals surface area contributed by atoms with E-state index in [2.05, 4.69) is 61.1 Å². The minimum Gasteiger partial charge on any atom is -0.393 e. The Morgan fingerprint density at radius 3 is 2.31 bits per heavy atom. The highest BCUT2D eigenvalue weighted by molar-refractivity contribution is 5.95. The highest BCUT2D eigenvalue weighted by Gasteiger charge is 2.71. The molecule has 5 rings (SSSR count). The Morgan fingerprint density at radius 1 is 0.969 bits per heavy atom. The fourth-order valence-electron chi connectivity index (χ4n) is 10.8. The molecule has 0 heterocycles. The molecule has 2 nitrogen and oxygen atoms in total. The van der Waals surface area contributed by atoms with Crippen molar-refractivity contribution in [1.29, 1.82) is 0 Å². The van der Waals surface area contributed by atoms with Crippen molar-refractivity contribution in [3.63, 3.8) is 0 Å². The highest BCUT2D eigenvalue weighted by atomic mass is 16.3. The molecule has 0 saturated heterocycles. The van der Waals surface area contributed by atoms with Gasteiger partial charge in [0.05, 0.1) is 6.10 Å². The molecule has 0 spiro atoms. The lowest BCUT2D eigenvalue weighted by Crippen LogP contribution is -2.67. The first-order valence-corrected chi connectivity index (χ1v) is 13.3. The van der Waals surface area contributed by atoms with Crippen LogP contribution >= 0.6 is 0 Å². The maximum atomic E-state index is 12.8. The van der Waals surface area contributed by atoms with Crippen molar-refractivity contribution in [2.24, 2.45) is 56.7 Å². The second-order valence-corrected chi connectivity index (χ2v) is 14.2. The van der Waals surface area contributed by atoms with Gasteiger partial charge in [-0.3, -0.25) is 4.79 Å². The van der Waals surface area contributed by atoms with Crippen LogP contribution in [0.2, 0.25) is 0 Å². The summed E-state index contributed by atoms with van der Waals surface area (Å²) < 4.78 is 0. The maximum absolute atomic E-state index is 12.8. The Labute approximate surface area is 196 Å². The van der Waals surface area contributed by atoms with Crippen LogP contribution < -0.4 is 0 Å². The van der Waals surface area contributed by atoms with Gasteiger partial charge in [-0.15, -0.1) is 0 Å². The zero-order valence-electron chi connectivity index (χ0n) is 21.6. The van der Waals surface area contributed by atoms with Gasteiger partial charge in [0, 0.05) is 5.41 Å². The predicted octanol–water partition coefficient (Wildman–Crippen LogP) is 6.98. The molecule has 1 N–H and O–H groups in total. The first kappa shape index (κ1) is 22.9. The summed E-state index contributed by atoms with van der Waals surface area (Å²) in [6, 6.07) is 0. The van der Waals surface area contributed by atoms with E-state index in [0.29, 0.717) is 35.4 Å². The number of fused-ring (bicyclic) bond motifs is 7. The summed E-state index contributed by atoms with van der Waals surface area (Å²) in [5, 5.41) is 11.7. The van der Waals surface area contributed by atoms with Crippen molar-refractivity contribution in [2.75, 3.05) is 0 Å². The molecule has 5 aliphatic carbocycles. The van der Waals surface area contributed by atoms with Gasteiger partial charge in [-0.2, -0.15) is 0 Å². The van der Waals surface area contributed by atoms with Gasteiger partial charge in [-0.25, -0.2) is 0 Å². The van der Waals surface area contributed by atoms with Gasteiger partial charge in [-0.1, -0.05) is 59.8 Å². The third-order valence-corrected chi connectivity index (χ3v) is 12.8. The molecule has 2 heteroatoms. The van der Waals surface area contributed by atoms with Crippen LogP contribution in [-0.2, 0) is 4.79 Å². The van der Waals surface area contributed by atoms with Crippen molar-refractivity contribution in [3.8, 4) is 0 Å². The summed E-state index contributed by atoms with van der Waals surface area (Å²) in [6.07, 6.45) is 12.1. The van der Waals surface area contributed by atoms with Crippen LogP contribution in [-0.4, -0.2) is 17.0 Å². The van der Waals surface area contributed by atoms with E-state index in [4.69, 9.17) is 0 Å². The minimum atomic E-state index is -0.274. The number of carbonyl (C=O) groups excluding carboxylic acids is 1. The molecule has 0 aromatic heterocycles. The average molecular weight is 439 g/mol. The third-order valence-electron chi connectivity index (χ3n) is 12.8. The molecule has 0 radical (unpaired) electrons. The van der Waals surface area contributed by atoms with E-state index in [1.165, 1.54) is 31.3 Å². The first-order valence-electron chi connectivity index (χ1n) is 13.3. The number of aliphatic hydroxyl groups is 1. The van der Waals surface area contributed by atoms with Crippen LogP contribution in [0.25, 0.3) is 0 Å². The molecule has 4 fully saturated rings. The molecule has 10 unspecified atom stereocenters. The molecule has 0 aromatic rings. The molecule has 0 aromatic carbocycles. The van der Waals surface area contributed by atoms with Crippen molar-refractivity contribution >= 4 is 5.78 Å². The molecule has 32 heavy (non-hydrogen) atoms. The van der Waals surface area contributed by atoms with Gasteiger partial charge >= 0.3 is 0 Å². The van der Waals surface area contributed by atoms with Gasteiger partial charge in [-0.05, 0) is 109 Å². The standard InChI is InChI=1S/C30H46O2/c1-18(2)19-11-14-28(6)24(32)17-30(8)20(25(19)28)9-10-22-27(5)15-13-23(31)26(3,4)21(27)12-16-29(22,30)7/h13,15,19-22,24-25,32H,1,9-12,14,16-17H2,2-8H3. The number of hydrogen-bond donors (Lipinski definition) is 1. The van der Waals surface area contributed by atoms with E-state index < -0.39 is 0 Å². The Morgan fingerprint density at radius 2 is 1.66 bits per heavy atom. The molecule has 178 valence electrons. The van der Waals surface area contributed by atoms with E-state index >= 15 is 0 Å². The largest absolute Gasteiger partial charge is 0.393 e. The molecule has 4 saturated carbocycles. The monoisotopic (exact) mass is 438 g/mol. The molecule has 0 bridgehead atoms. The van der Waals surface area contributed by atoms with Gasteiger partial charge in [0.15, 0.2) is 5.78 Å². The number of carbonyl (C=O) groups is 1. The van der Waals surface area contributed by atoms with Crippen LogP contribution in [0.15, 0.2) is 24.3 Å². The Balaban J connectivity index is 1.60. The van der Waals surface area contributed by atoms with Crippen molar-refractivity contribution in [1.82, 2.24) is 0 Å². The van der Waals surface area contributed by atoms with E-state index in [0.717, 1.165) is 19.3 Å². The molecular weight excluding hydrogens is 392 g/mol. The fourth-order valence-corrected chi connectivity index (χ4v) is 10.8. The summed E-state index contributed by atoms with van der Waals surface area (Å²) in [5.41, 5.74) is 1.47. The lowest BCUT2D eigenvalue weighted by Gasteiger charge is -2.72. The van der Waals surface area contributed by atoms with E-state index in [-0.39, 0.29) is 33.2 Å². The zero-order chi connectivity index (χ0) is 23.5. The normalized spacial score (nSPS) is 56.1. The van der Waals surface area contributed by atoms with Crippen LogP contribution in [0.5, 0.6) is 0 Å². The Hall–Kier alpha value is -0.890. The SMILES string of the molecule is C=C(C)C1CCC2(C)C(O)CC3(C)C(CCC4C5(C)C=CC(=O)C(C)(C)C5CCC43C)C12. The van der Waals surface area contributed by atoms with E-state index in [9.17, 15) is 9.90 Å². The number of allylic oxidation sites excluding steroid dienone is 3. The number of rotatable bonds is 1. The first-order chi connectivity index (χ1) is 14.7. The second-order valence-electron chi connectivity index (χ2n) is 14.2. The Kier molecular flexibility index (Phi) is 4.73. The lowest BCUT2D eigenvalue weighted by molar-refractivity contribution is -0.239. The topological polar surface area (TPSA) is 37.3 Å². The second kappa shape index (κ2) is 6.61. The number of aliphatic hydroxyl groups excluding tert-OH is 1. The van der Waals surface area contributed by atoms with Crippen LogP contribution in [0.1, 0.15) is 93.4 Å². The summed E-state index contributed by atoms with van der Waals surface area (Å²) >= 11 is 0. The molecule has 5 aliphatic rings. The summed E-state index contributed by atoms with van der Waals surface area (Å²) in [6.45, 7) is 21.0. The smallest absolute Gasteiger partial charge is 0.161 e. The van der Waals surface area contributed by atoms with Crippen LogP contribution in [0.4, 0.5) is 0 Å². The van der Waals surface area contributed by atoms with Crippen molar-refractivity contribution in [3.05, 3.63) is 24.3 Å². The van der Waals surface area contributed by atoms with Gasteiger partial charge < -0.3 is 5.11 Å². The molecule has 0 amide bonds. The van der Waals surface area contributed by atoms with Crippen LogP contribution in [0.3, 0.4) is 0 Å². The molecular formula is C30H46O2. The lowest BCUT2D eigenvalue weighted by atomic mass is 9.33. The number of ketones is 1. The average Bonchev–Trinajstić information content (AvgIpc) is 3.05. The van der Waals surface area contributed by atoms with Crippen molar-refractivity contribution < 1.29 is 9.90 Å². The number of hydrogen-bond acceptors (Lipinski definition) is 2. The van der Waals surface area contributed by atoms with Gasteiger partial charge in [0.25, 0.3) is 0 Å². The van der Waals surface area contributed by atoms with Crippen molar-refractivity contribution in [2.45, 2.75) is 99.5 Å². The minimum absolute atomic E-state index is 0.0389. The van der Waals surface area contributed by atoms with Crippen LogP contribution in [0, 0.1) is 56.7 Å². The maximum Gasteiger partial charge on any atom is 0.161 e. The predicted molar refractivity (Wildman–Crippen MR) is 131 cm³/mol. The third kappa shape index (κ3) is 2.49. The summed E-state index contributed by atoms with van der Waals surface area (Å²) in [5.74, 6) is 3.06. The quantitative estimate of drug-likeness (QED) is 0.448. The van der Waals surface area contributed by atoms with E-state index in [1.54, 1.807) is 0 Å². The Bertz CT molecular complexity index is 883. The molecule has 10 atom stereocenters. The molecule has 0 aliphatic heterocycles. The van der Waals surface area contributed by atoms with Gasteiger partial charge in [0.2, 0.25) is 0 Å². The zero-order valence-corrected chi connectivity index (χ0v) is 21.6.